The van der Waals surface area contributed by atoms with Crippen LogP contribution in [0.2, 0.25) is 0 Å². The molecule has 0 radical (unpaired) electrons. The Bertz CT molecular complexity index is 914. The van der Waals surface area contributed by atoms with Crippen molar-refractivity contribution in [3.8, 4) is 5.75 Å². The summed E-state index contributed by atoms with van der Waals surface area (Å²) in [7, 11) is 0. The van der Waals surface area contributed by atoms with Gasteiger partial charge < -0.3 is 15.4 Å². The molecule has 3 rings (SSSR count). The van der Waals surface area contributed by atoms with Crippen LogP contribution in [-0.2, 0) is 22.6 Å². The van der Waals surface area contributed by atoms with Crippen molar-refractivity contribution in [2.24, 2.45) is 0 Å². The standard InChI is InChI=1S/C22H22F4N2O3/c23-17-5-1-15(2-6-17)13-21(12-10-20(30)28-21)11-9-19(29)27-14-16-3-7-18(8-4-16)31-22(24,25)26/h1-8H,9-14H2,(H,27,29)(H,28,30)/t21-/m0/s1. The summed E-state index contributed by atoms with van der Waals surface area (Å²) < 4.78 is 53.6. The SMILES string of the molecule is O=C(CC[C@@]1(Cc2ccc(F)cc2)CCC(=O)N1)NCc1ccc(OC(F)(F)F)cc1. The predicted molar refractivity (Wildman–Crippen MR) is 104 cm³/mol. The molecule has 0 bridgehead atoms. The smallest absolute Gasteiger partial charge is 0.406 e. The van der Waals surface area contributed by atoms with E-state index in [4.69, 9.17) is 0 Å². The Kier molecular flexibility index (Phi) is 6.82. The summed E-state index contributed by atoms with van der Waals surface area (Å²) >= 11 is 0. The number of halogens is 4. The number of amides is 2. The number of carbonyl (C=O) groups is 2. The number of carbonyl (C=O) groups excluding carboxylic acids is 2. The normalized spacial score (nSPS) is 18.5. The Morgan fingerprint density at radius 2 is 1.71 bits per heavy atom. The lowest BCUT2D eigenvalue weighted by atomic mass is 9.85. The van der Waals surface area contributed by atoms with Crippen LogP contribution in [0.5, 0.6) is 5.75 Å². The maximum Gasteiger partial charge on any atom is 0.573 e. The number of alkyl halides is 3. The van der Waals surface area contributed by atoms with Crippen molar-refractivity contribution in [3.63, 3.8) is 0 Å². The molecule has 1 atom stereocenters. The fourth-order valence-corrected chi connectivity index (χ4v) is 3.63. The number of rotatable bonds is 8. The van der Waals surface area contributed by atoms with E-state index < -0.39 is 11.9 Å². The molecule has 5 nitrogen and oxygen atoms in total. The molecule has 1 saturated heterocycles. The quantitative estimate of drug-likeness (QED) is 0.612. The van der Waals surface area contributed by atoms with Crippen molar-refractivity contribution in [1.82, 2.24) is 10.6 Å². The lowest BCUT2D eigenvalue weighted by Crippen LogP contribution is -2.44. The zero-order valence-corrected chi connectivity index (χ0v) is 16.6. The summed E-state index contributed by atoms with van der Waals surface area (Å²) in [6.07, 6.45) is -2.73. The second-order valence-electron chi connectivity index (χ2n) is 7.60. The van der Waals surface area contributed by atoms with Gasteiger partial charge in [-0.15, -0.1) is 13.2 Å². The third-order valence-corrected chi connectivity index (χ3v) is 5.17. The van der Waals surface area contributed by atoms with Crippen LogP contribution < -0.4 is 15.4 Å². The van der Waals surface area contributed by atoms with E-state index in [0.717, 1.165) is 5.56 Å². The molecule has 0 saturated carbocycles. The molecule has 1 fully saturated rings. The maximum atomic E-state index is 13.2. The number of hydrogen-bond donors (Lipinski definition) is 2. The molecule has 9 heteroatoms. The maximum absolute atomic E-state index is 13.2. The first-order chi connectivity index (χ1) is 14.6. The Hall–Kier alpha value is -3.10. The van der Waals surface area contributed by atoms with Crippen molar-refractivity contribution >= 4 is 11.8 Å². The molecular weight excluding hydrogens is 416 g/mol. The van der Waals surface area contributed by atoms with Gasteiger partial charge in [-0.1, -0.05) is 24.3 Å². The number of nitrogens with one attached hydrogen (secondary N) is 2. The summed E-state index contributed by atoms with van der Waals surface area (Å²) in [5.41, 5.74) is 0.922. The van der Waals surface area contributed by atoms with Crippen molar-refractivity contribution in [1.29, 1.82) is 0 Å². The van der Waals surface area contributed by atoms with Gasteiger partial charge in [-0.25, -0.2) is 4.39 Å². The van der Waals surface area contributed by atoms with Gasteiger partial charge in [0.2, 0.25) is 11.8 Å². The zero-order chi connectivity index (χ0) is 22.5. The molecule has 166 valence electrons. The highest BCUT2D eigenvalue weighted by molar-refractivity contribution is 5.80. The van der Waals surface area contributed by atoms with Gasteiger partial charge in [-0.3, -0.25) is 9.59 Å². The van der Waals surface area contributed by atoms with Crippen molar-refractivity contribution < 1.29 is 31.9 Å². The molecule has 2 N–H and O–H groups in total. The van der Waals surface area contributed by atoms with Crippen LogP contribution >= 0.6 is 0 Å². The predicted octanol–water partition coefficient (Wildman–Crippen LogP) is 4.01. The summed E-state index contributed by atoms with van der Waals surface area (Å²) in [6.45, 7) is 0.155. The molecule has 31 heavy (non-hydrogen) atoms. The minimum absolute atomic E-state index is 0.0799. The van der Waals surface area contributed by atoms with E-state index in [1.165, 1.54) is 36.4 Å². The molecule has 2 aromatic rings. The molecule has 1 aliphatic rings. The van der Waals surface area contributed by atoms with E-state index >= 15 is 0 Å². The Balaban J connectivity index is 1.51. The third kappa shape index (κ3) is 6.97. The van der Waals surface area contributed by atoms with Crippen LogP contribution in [-0.4, -0.2) is 23.7 Å². The van der Waals surface area contributed by atoms with Crippen molar-refractivity contribution in [3.05, 3.63) is 65.5 Å². The van der Waals surface area contributed by atoms with Gasteiger partial charge in [-0.2, -0.15) is 0 Å². The molecule has 0 aliphatic carbocycles. The van der Waals surface area contributed by atoms with Gasteiger partial charge in [0.15, 0.2) is 0 Å². The number of benzene rings is 2. The van der Waals surface area contributed by atoms with Crippen LogP contribution in [0.1, 0.15) is 36.8 Å². The topological polar surface area (TPSA) is 67.4 Å². The number of ether oxygens (including phenoxy) is 1. The van der Waals surface area contributed by atoms with Gasteiger partial charge in [0.1, 0.15) is 11.6 Å². The van der Waals surface area contributed by atoms with Gasteiger partial charge in [0.25, 0.3) is 0 Å². The molecule has 2 aromatic carbocycles. The Morgan fingerprint density at radius 1 is 1.06 bits per heavy atom. The van der Waals surface area contributed by atoms with E-state index in [2.05, 4.69) is 15.4 Å². The molecule has 1 heterocycles. The van der Waals surface area contributed by atoms with Crippen LogP contribution in [0.3, 0.4) is 0 Å². The summed E-state index contributed by atoms with van der Waals surface area (Å²) in [5.74, 6) is -0.994. The van der Waals surface area contributed by atoms with Crippen molar-refractivity contribution in [2.75, 3.05) is 0 Å². The van der Waals surface area contributed by atoms with E-state index in [0.29, 0.717) is 31.2 Å². The fourth-order valence-electron chi connectivity index (χ4n) is 3.63. The van der Waals surface area contributed by atoms with Crippen LogP contribution in [0.15, 0.2) is 48.5 Å². The van der Waals surface area contributed by atoms with E-state index in [-0.39, 0.29) is 36.3 Å². The van der Waals surface area contributed by atoms with E-state index in [1.807, 2.05) is 0 Å². The average molecular weight is 438 g/mol. The number of hydrogen-bond acceptors (Lipinski definition) is 3. The highest BCUT2D eigenvalue weighted by atomic mass is 19.4. The van der Waals surface area contributed by atoms with Gasteiger partial charge >= 0.3 is 6.36 Å². The second kappa shape index (κ2) is 9.36. The second-order valence-corrected chi connectivity index (χ2v) is 7.60. The van der Waals surface area contributed by atoms with Crippen LogP contribution in [0.4, 0.5) is 17.6 Å². The van der Waals surface area contributed by atoms with Gasteiger partial charge in [0, 0.05) is 24.9 Å². The highest BCUT2D eigenvalue weighted by Gasteiger charge is 2.37. The minimum atomic E-state index is -4.75. The fraction of sp³-hybridized carbons (Fsp3) is 0.364. The lowest BCUT2D eigenvalue weighted by molar-refractivity contribution is -0.274. The van der Waals surface area contributed by atoms with Crippen LogP contribution in [0, 0.1) is 5.82 Å². The molecule has 0 spiro atoms. The summed E-state index contributed by atoms with van der Waals surface area (Å²) in [6, 6.07) is 11.3. The highest BCUT2D eigenvalue weighted by Crippen LogP contribution is 2.29. The van der Waals surface area contributed by atoms with Crippen molar-refractivity contribution in [2.45, 2.75) is 50.6 Å². The minimum Gasteiger partial charge on any atom is -0.406 e. The molecule has 0 unspecified atom stereocenters. The first kappa shape index (κ1) is 22.6. The Morgan fingerprint density at radius 3 is 2.29 bits per heavy atom. The van der Waals surface area contributed by atoms with E-state index in [1.54, 1.807) is 12.1 Å². The average Bonchev–Trinajstić information content (AvgIpc) is 3.07. The van der Waals surface area contributed by atoms with Gasteiger partial charge in [-0.05, 0) is 54.7 Å². The summed E-state index contributed by atoms with van der Waals surface area (Å²) in [4.78, 5) is 24.1. The summed E-state index contributed by atoms with van der Waals surface area (Å²) in [5, 5.41) is 5.69. The van der Waals surface area contributed by atoms with Crippen LogP contribution in [0.25, 0.3) is 0 Å². The molecule has 2 amide bonds. The first-order valence-electron chi connectivity index (χ1n) is 9.79. The molecule has 1 aliphatic heterocycles. The van der Waals surface area contributed by atoms with Gasteiger partial charge in [0.05, 0.1) is 0 Å². The van der Waals surface area contributed by atoms with E-state index in [9.17, 15) is 27.2 Å². The molecular formula is C22H22F4N2O3. The first-order valence-corrected chi connectivity index (χ1v) is 9.79. The monoisotopic (exact) mass is 438 g/mol. The zero-order valence-electron chi connectivity index (χ0n) is 16.6. The lowest BCUT2D eigenvalue weighted by Gasteiger charge is -2.29. The Labute approximate surface area is 176 Å². The largest absolute Gasteiger partial charge is 0.573 e. The molecule has 0 aromatic heterocycles. The third-order valence-electron chi connectivity index (χ3n) is 5.17.